The highest BCUT2D eigenvalue weighted by atomic mass is 16.4. The first kappa shape index (κ1) is 13.3. The van der Waals surface area contributed by atoms with Crippen LogP contribution in [0.2, 0.25) is 0 Å². The number of carboxylic acid groups (broad SMARTS) is 1. The zero-order valence-corrected chi connectivity index (χ0v) is 10.6. The number of hydrogen-bond donors (Lipinski definition) is 2. The first-order valence-corrected chi connectivity index (χ1v) is 5.86. The molecule has 2 rings (SSSR count). The van der Waals surface area contributed by atoms with Gasteiger partial charge in [-0.05, 0) is 60.4 Å². The molecule has 0 fully saturated rings. The fourth-order valence-corrected chi connectivity index (χ4v) is 1.47. The van der Waals surface area contributed by atoms with Crippen molar-refractivity contribution in [3.05, 3.63) is 65.2 Å². The van der Waals surface area contributed by atoms with Gasteiger partial charge in [0.1, 0.15) is 0 Å². The molecule has 3 nitrogen and oxygen atoms in total. The highest BCUT2D eigenvalue weighted by Crippen LogP contribution is 2.04. The molecule has 3 N–H and O–H groups in total. The first-order valence-electron chi connectivity index (χ1n) is 5.86. The van der Waals surface area contributed by atoms with Crippen molar-refractivity contribution in [3.8, 4) is 23.7 Å². The monoisotopic (exact) mass is 261 g/mol. The van der Waals surface area contributed by atoms with Gasteiger partial charge >= 0.3 is 5.97 Å². The molecule has 0 aliphatic heterocycles. The lowest BCUT2D eigenvalue weighted by molar-refractivity contribution is 0.0697. The molecule has 0 aliphatic carbocycles. The fraction of sp³-hybridized carbons (Fsp3) is 0. The molecule has 0 aromatic heterocycles. The van der Waals surface area contributed by atoms with Crippen LogP contribution in [0.15, 0.2) is 48.5 Å². The molecule has 0 radical (unpaired) electrons. The van der Waals surface area contributed by atoms with E-state index >= 15 is 0 Å². The normalized spacial score (nSPS) is 8.80. The lowest BCUT2D eigenvalue weighted by atomic mass is 10.1. The average molecular weight is 261 g/mol. The minimum absolute atomic E-state index is 0.239. The van der Waals surface area contributed by atoms with Crippen LogP contribution in [-0.2, 0) is 0 Å². The van der Waals surface area contributed by atoms with E-state index in [1.54, 1.807) is 24.3 Å². The van der Waals surface area contributed by atoms with E-state index in [9.17, 15) is 4.79 Å². The van der Waals surface area contributed by atoms with Gasteiger partial charge in [0.2, 0.25) is 0 Å². The van der Waals surface area contributed by atoms with Crippen molar-refractivity contribution < 1.29 is 9.90 Å². The second-order valence-corrected chi connectivity index (χ2v) is 4.00. The summed E-state index contributed by atoms with van der Waals surface area (Å²) in [4.78, 5) is 10.7. The molecule has 0 amide bonds. The van der Waals surface area contributed by atoms with Gasteiger partial charge in [-0.15, -0.1) is 0 Å². The summed E-state index contributed by atoms with van der Waals surface area (Å²) >= 11 is 0. The zero-order valence-electron chi connectivity index (χ0n) is 10.6. The van der Waals surface area contributed by atoms with Crippen LogP contribution >= 0.6 is 0 Å². The lowest BCUT2D eigenvalue weighted by Crippen LogP contribution is -1.94. The van der Waals surface area contributed by atoms with Crippen LogP contribution in [0.25, 0.3) is 0 Å². The number of nitrogens with two attached hydrogens (primary N) is 1. The largest absolute Gasteiger partial charge is 0.478 e. The summed E-state index contributed by atoms with van der Waals surface area (Å²) in [7, 11) is 0. The van der Waals surface area contributed by atoms with Gasteiger partial charge in [0, 0.05) is 16.8 Å². The Hall–Kier alpha value is -3.17. The van der Waals surface area contributed by atoms with Crippen molar-refractivity contribution in [2.75, 3.05) is 5.73 Å². The van der Waals surface area contributed by atoms with Crippen LogP contribution < -0.4 is 5.73 Å². The molecule has 2 aromatic rings. The molecule has 0 unspecified atom stereocenters. The van der Waals surface area contributed by atoms with E-state index in [0.717, 1.165) is 11.1 Å². The summed E-state index contributed by atoms with van der Waals surface area (Å²) in [6, 6.07) is 13.5. The minimum Gasteiger partial charge on any atom is -0.478 e. The van der Waals surface area contributed by atoms with Crippen molar-refractivity contribution in [2.24, 2.45) is 0 Å². The molecule has 0 bridgehead atoms. The van der Waals surface area contributed by atoms with E-state index in [1.807, 2.05) is 12.1 Å². The summed E-state index contributed by atoms with van der Waals surface area (Å²) in [6.45, 7) is 0. The summed E-state index contributed by atoms with van der Waals surface area (Å²) < 4.78 is 0. The van der Waals surface area contributed by atoms with Gasteiger partial charge in [0.25, 0.3) is 0 Å². The number of hydrogen-bond acceptors (Lipinski definition) is 2. The van der Waals surface area contributed by atoms with Crippen LogP contribution in [0, 0.1) is 23.7 Å². The fourth-order valence-electron chi connectivity index (χ4n) is 1.47. The quantitative estimate of drug-likeness (QED) is 0.612. The molecule has 0 aliphatic rings. The number of nitrogen functional groups attached to an aromatic ring is 1. The second kappa shape index (κ2) is 6.13. The molecule has 96 valence electrons. The highest BCUT2D eigenvalue weighted by molar-refractivity contribution is 5.87. The van der Waals surface area contributed by atoms with Crippen molar-refractivity contribution >= 4 is 11.7 Å². The van der Waals surface area contributed by atoms with Gasteiger partial charge in [-0.25, -0.2) is 4.79 Å². The van der Waals surface area contributed by atoms with Crippen molar-refractivity contribution in [1.82, 2.24) is 0 Å². The van der Waals surface area contributed by atoms with Gasteiger partial charge in [-0.2, -0.15) is 0 Å². The Morgan fingerprint density at radius 2 is 1.30 bits per heavy atom. The van der Waals surface area contributed by atoms with Crippen LogP contribution in [0.3, 0.4) is 0 Å². The SMILES string of the molecule is Nc1ccc(C#CC#Cc2ccc(C(=O)O)cc2)cc1. The number of rotatable bonds is 1. The maximum absolute atomic E-state index is 10.7. The summed E-state index contributed by atoms with van der Waals surface area (Å²) in [5.74, 6) is 10.3. The molecule has 0 saturated carbocycles. The summed E-state index contributed by atoms with van der Waals surface area (Å²) in [5.41, 5.74) is 8.07. The van der Waals surface area contributed by atoms with Crippen molar-refractivity contribution in [2.45, 2.75) is 0 Å². The smallest absolute Gasteiger partial charge is 0.335 e. The van der Waals surface area contributed by atoms with E-state index in [2.05, 4.69) is 23.7 Å². The van der Waals surface area contributed by atoms with Crippen LogP contribution in [0.4, 0.5) is 5.69 Å². The third kappa shape index (κ3) is 3.66. The predicted octanol–water partition coefficient (Wildman–Crippen LogP) is 2.37. The first-order chi connectivity index (χ1) is 9.65. The number of benzene rings is 2. The molecule has 0 heterocycles. The second-order valence-electron chi connectivity index (χ2n) is 4.00. The standard InChI is InChI=1S/C17H11NO2/c18-16-11-7-14(8-12-16)4-2-1-3-13-5-9-15(10-6-13)17(19)20/h5-12H,18H2,(H,19,20). The van der Waals surface area contributed by atoms with Gasteiger partial charge in [-0.3, -0.25) is 0 Å². The lowest BCUT2D eigenvalue weighted by Gasteiger charge is -1.92. The maximum atomic E-state index is 10.7. The van der Waals surface area contributed by atoms with E-state index < -0.39 is 5.97 Å². The number of aromatic carboxylic acids is 1. The molecular formula is C17H11NO2. The summed E-state index contributed by atoms with van der Waals surface area (Å²) in [6.07, 6.45) is 0. The van der Waals surface area contributed by atoms with Gasteiger partial charge in [-0.1, -0.05) is 11.8 Å². The number of carboxylic acids is 1. The molecule has 2 aromatic carbocycles. The number of anilines is 1. The Morgan fingerprint density at radius 1 is 0.850 bits per heavy atom. The van der Waals surface area contributed by atoms with Crippen LogP contribution in [0.5, 0.6) is 0 Å². The predicted molar refractivity (Wildman–Crippen MR) is 78.0 cm³/mol. The Bertz CT molecular complexity index is 736. The van der Waals surface area contributed by atoms with Crippen LogP contribution in [-0.4, -0.2) is 11.1 Å². The summed E-state index contributed by atoms with van der Waals surface area (Å²) in [5, 5.41) is 8.77. The Labute approximate surface area is 117 Å². The molecule has 20 heavy (non-hydrogen) atoms. The Balaban J connectivity index is 2.08. The van der Waals surface area contributed by atoms with E-state index in [0.29, 0.717) is 5.69 Å². The minimum atomic E-state index is -0.951. The molecule has 0 saturated heterocycles. The third-order valence-corrected chi connectivity index (χ3v) is 2.52. The molecular weight excluding hydrogens is 250 g/mol. The Kier molecular flexibility index (Phi) is 4.07. The topological polar surface area (TPSA) is 63.3 Å². The third-order valence-electron chi connectivity index (χ3n) is 2.52. The van der Waals surface area contributed by atoms with E-state index in [4.69, 9.17) is 10.8 Å². The molecule has 3 heteroatoms. The van der Waals surface area contributed by atoms with Gasteiger partial charge in [0.15, 0.2) is 0 Å². The number of carbonyl (C=O) groups is 1. The Morgan fingerprint density at radius 3 is 1.75 bits per heavy atom. The maximum Gasteiger partial charge on any atom is 0.335 e. The molecule has 0 atom stereocenters. The van der Waals surface area contributed by atoms with Gasteiger partial charge < -0.3 is 10.8 Å². The van der Waals surface area contributed by atoms with Gasteiger partial charge in [0.05, 0.1) is 5.56 Å². The zero-order chi connectivity index (χ0) is 14.4. The van der Waals surface area contributed by atoms with E-state index in [1.165, 1.54) is 12.1 Å². The van der Waals surface area contributed by atoms with Crippen molar-refractivity contribution in [3.63, 3.8) is 0 Å². The van der Waals surface area contributed by atoms with Crippen molar-refractivity contribution in [1.29, 1.82) is 0 Å². The molecule has 0 spiro atoms. The highest BCUT2D eigenvalue weighted by Gasteiger charge is 1.99. The van der Waals surface area contributed by atoms with Crippen LogP contribution in [0.1, 0.15) is 21.5 Å². The van der Waals surface area contributed by atoms with E-state index in [-0.39, 0.29) is 5.56 Å². The average Bonchev–Trinajstić information content (AvgIpc) is 2.46.